The quantitative estimate of drug-likeness (QED) is 0.870. The van der Waals surface area contributed by atoms with Gasteiger partial charge in [0.2, 0.25) is 0 Å². The first kappa shape index (κ1) is 18.6. The smallest absolute Gasteiger partial charge is 0.237 e. The predicted molar refractivity (Wildman–Crippen MR) is 101 cm³/mol. The third-order valence-corrected chi connectivity index (χ3v) is 7.06. The number of hydrogen-bond donors (Lipinski definition) is 1. The molecule has 0 amide bonds. The van der Waals surface area contributed by atoms with Crippen molar-refractivity contribution >= 4 is 10.2 Å². The molecule has 1 aromatic heterocycles. The van der Waals surface area contributed by atoms with E-state index in [0.717, 1.165) is 30.5 Å². The average molecular weight is 393 g/mol. The topological polar surface area (TPSA) is 67.2 Å². The third-order valence-electron chi connectivity index (χ3n) is 5.43. The Balaban J connectivity index is 1.70. The van der Waals surface area contributed by atoms with E-state index in [1.54, 1.807) is 23.0 Å². The van der Waals surface area contributed by atoms with Gasteiger partial charge in [-0.15, -0.1) is 0 Å². The molecule has 1 aromatic carbocycles. The normalized spacial score (nSPS) is 22.7. The van der Waals surface area contributed by atoms with Crippen molar-refractivity contribution in [3.63, 3.8) is 0 Å². The maximum atomic E-state index is 13.7. The van der Waals surface area contributed by atoms with E-state index in [1.807, 2.05) is 0 Å². The van der Waals surface area contributed by atoms with Gasteiger partial charge in [0.25, 0.3) is 10.2 Å². The summed E-state index contributed by atoms with van der Waals surface area (Å²) in [7, 11) is -3.53. The van der Waals surface area contributed by atoms with E-state index in [-0.39, 0.29) is 17.3 Å². The number of hydrogen-bond acceptors (Lipinski definition) is 3. The highest BCUT2D eigenvalue weighted by Crippen LogP contribution is 2.41. The maximum absolute atomic E-state index is 13.7. The number of nitrogens with one attached hydrogen (secondary N) is 1. The molecular weight excluding hydrogens is 367 g/mol. The van der Waals surface area contributed by atoms with Gasteiger partial charge in [-0.05, 0) is 49.3 Å². The summed E-state index contributed by atoms with van der Waals surface area (Å²) in [6.07, 6.45) is 4.97. The molecule has 4 rings (SSSR count). The monoisotopic (exact) mass is 392 g/mol. The number of rotatable bonds is 4. The molecule has 0 spiro atoms. The zero-order chi connectivity index (χ0) is 19.2. The van der Waals surface area contributed by atoms with Crippen LogP contribution in [0.4, 0.5) is 4.39 Å². The number of halogens is 1. The Morgan fingerprint density at radius 3 is 2.70 bits per heavy atom. The first-order valence-electron chi connectivity index (χ1n) is 9.35. The highest BCUT2D eigenvalue weighted by molar-refractivity contribution is 7.87. The van der Waals surface area contributed by atoms with Gasteiger partial charge in [0.1, 0.15) is 5.82 Å². The van der Waals surface area contributed by atoms with E-state index >= 15 is 0 Å². The molecule has 0 radical (unpaired) electrons. The minimum Gasteiger partial charge on any atom is -0.237 e. The zero-order valence-corrected chi connectivity index (χ0v) is 16.5. The zero-order valence-electron chi connectivity index (χ0n) is 15.7. The first-order valence-corrected chi connectivity index (χ1v) is 10.8. The van der Waals surface area contributed by atoms with Crippen LogP contribution in [0.3, 0.4) is 0 Å². The average Bonchev–Trinajstić information content (AvgIpc) is 3.23. The fourth-order valence-corrected chi connectivity index (χ4v) is 5.62. The van der Waals surface area contributed by atoms with Crippen LogP contribution in [0.2, 0.25) is 0 Å². The van der Waals surface area contributed by atoms with Crippen LogP contribution < -0.4 is 4.72 Å². The molecule has 6 nitrogen and oxygen atoms in total. The van der Waals surface area contributed by atoms with Crippen LogP contribution in [0.1, 0.15) is 50.4 Å². The van der Waals surface area contributed by atoms with Crippen LogP contribution in [-0.2, 0) is 16.6 Å². The van der Waals surface area contributed by atoms with Crippen molar-refractivity contribution in [3.05, 3.63) is 47.5 Å². The fourth-order valence-electron chi connectivity index (χ4n) is 4.16. The van der Waals surface area contributed by atoms with Crippen molar-refractivity contribution in [2.75, 3.05) is 13.1 Å². The Bertz CT molecular complexity index is 948. The third kappa shape index (κ3) is 3.66. The lowest BCUT2D eigenvalue weighted by atomic mass is 9.74. The summed E-state index contributed by atoms with van der Waals surface area (Å²) in [5.74, 6) is -0.321. The molecule has 1 fully saturated rings. The van der Waals surface area contributed by atoms with Crippen LogP contribution in [0, 0.1) is 11.2 Å². The van der Waals surface area contributed by atoms with Gasteiger partial charge in [-0.3, -0.25) is 0 Å². The second-order valence-corrected chi connectivity index (χ2v) is 9.97. The maximum Gasteiger partial charge on any atom is 0.280 e. The van der Waals surface area contributed by atoms with Gasteiger partial charge in [-0.1, -0.05) is 19.9 Å². The predicted octanol–water partition coefficient (Wildman–Crippen LogP) is 2.96. The lowest BCUT2D eigenvalue weighted by Crippen LogP contribution is -2.43. The summed E-state index contributed by atoms with van der Waals surface area (Å²) in [6.45, 7) is 5.38. The molecule has 8 heteroatoms. The van der Waals surface area contributed by atoms with E-state index in [2.05, 4.69) is 23.7 Å². The van der Waals surface area contributed by atoms with E-state index in [1.165, 1.54) is 16.4 Å². The Labute approximate surface area is 159 Å². The summed E-state index contributed by atoms with van der Waals surface area (Å²) >= 11 is 0. The number of benzene rings is 1. The molecule has 2 aromatic rings. The molecule has 1 saturated heterocycles. The molecule has 2 aliphatic rings. The molecular formula is C19H25FN4O2S. The van der Waals surface area contributed by atoms with Crippen molar-refractivity contribution in [2.24, 2.45) is 5.41 Å². The molecule has 1 aliphatic carbocycles. The minimum absolute atomic E-state index is 0.101. The molecule has 1 aliphatic heterocycles. The Morgan fingerprint density at radius 1 is 1.26 bits per heavy atom. The van der Waals surface area contributed by atoms with Crippen molar-refractivity contribution in [3.8, 4) is 5.69 Å². The second kappa shape index (κ2) is 6.68. The van der Waals surface area contributed by atoms with Crippen molar-refractivity contribution < 1.29 is 12.8 Å². The molecule has 1 atom stereocenters. The largest absolute Gasteiger partial charge is 0.280 e. The van der Waals surface area contributed by atoms with Crippen LogP contribution in [0.15, 0.2) is 30.5 Å². The number of nitrogens with zero attached hydrogens (tertiary/aromatic N) is 3. The highest BCUT2D eigenvalue weighted by atomic mass is 32.2. The van der Waals surface area contributed by atoms with E-state index < -0.39 is 10.2 Å². The van der Waals surface area contributed by atoms with E-state index in [9.17, 15) is 12.8 Å². The molecule has 0 unspecified atom stereocenters. The Hall–Kier alpha value is -1.77. The Kier molecular flexibility index (Phi) is 4.60. The van der Waals surface area contributed by atoms with Gasteiger partial charge in [0.05, 0.1) is 17.9 Å². The molecule has 27 heavy (non-hydrogen) atoms. The summed E-state index contributed by atoms with van der Waals surface area (Å²) < 4.78 is 45.4. The van der Waals surface area contributed by atoms with Crippen LogP contribution in [-0.4, -0.2) is 35.6 Å². The summed E-state index contributed by atoms with van der Waals surface area (Å²) in [4.78, 5) is 0. The van der Waals surface area contributed by atoms with E-state index in [4.69, 9.17) is 0 Å². The first-order chi connectivity index (χ1) is 12.8. The van der Waals surface area contributed by atoms with Gasteiger partial charge in [0, 0.05) is 24.3 Å². The summed E-state index contributed by atoms with van der Waals surface area (Å²) in [5.41, 5.74) is 2.36. The summed E-state index contributed by atoms with van der Waals surface area (Å²) in [6, 6.07) is 5.97. The SMILES string of the molecule is CC1(C)Cc2c(cnn2-c2cccc(F)c2)[C@H](NS(=O)(=O)N2CCCC2)C1. The van der Waals surface area contributed by atoms with Gasteiger partial charge < -0.3 is 0 Å². The lowest BCUT2D eigenvalue weighted by molar-refractivity contribution is 0.266. The standard InChI is InChI=1S/C19H25FN4O2S/c1-19(2)11-17(22-27(25,26)23-8-3-4-9-23)16-13-21-24(18(16)12-19)15-7-5-6-14(20)10-15/h5-7,10,13,17,22H,3-4,8-9,11-12H2,1-2H3/t17-/m1/s1. The van der Waals surface area contributed by atoms with E-state index in [0.29, 0.717) is 25.2 Å². The molecule has 0 bridgehead atoms. The minimum atomic E-state index is -3.53. The second-order valence-electron chi connectivity index (χ2n) is 8.27. The Morgan fingerprint density at radius 2 is 2.00 bits per heavy atom. The van der Waals surface area contributed by atoms with Gasteiger partial charge in [-0.25, -0.2) is 9.07 Å². The number of fused-ring (bicyclic) bond motifs is 1. The summed E-state index contributed by atoms with van der Waals surface area (Å²) in [5, 5.41) is 4.45. The van der Waals surface area contributed by atoms with Crippen LogP contribution in [0.5, 0.6) is 0 Å². The molecule has 1 N–H and O–H groups in total. The highest BCUT2D eigenvalue weighted by Gasteiger charge is 2.38. The van der Waals surface area contributed by atoms with Gasteiger partial charge in [0.15, 0.2) is 0 Å². The van der Waals surface area contributed by atoms with Gasteiger partial charge in [-0.2, -0.15) is 22.5 Å². The molecule has 146 valence electrons. The molecule has 2 heterocycles. The van der Waals surface area contributed by atoms with Crippen molar-refractivity contribution in [2.45, 2.75) is 45.6 Å². The van der Waals surface area contributed by atoms with Crippen LogP contribution >= 0.6 is 0 Å². The molecule has 0 saturated carbocycles. The van der Waals surface area contributed by atoms with Gasteiger partial charge >= 0.3 is 0 Å². The fraction of sp³-hybridized carbons (Fsp3) is 0.526. The van der Waals surface area contributed by atoms with Crippen LogP contribution in [0.25, 0.3) is 5.69 Å². The van der Waals surface area contributed by atoms with Crippen molar-refractivity contribution in [1.29, 1.82) is 0 Å². The van der Waals surface area contributed by atoms with Crippen molar-refractivity contribution in [1.82, 2.24) is 18.8 Å². The number of aromatic nitrogens is 2. The lowest BCUT2D eigenvalue weighted by Gasteiger charge is -2.36.